The Labute approximate surface area is 120 Å². The minimum Gasteiger partial charge on any atom is -0.338 e. The third-order valence-corrected chi connectivity index (χ3v) is 4.54. The van der Waals surface area contributed by atoms with Crippen LogP contribution in [0.2, 0.25) is 0 Å². The van der Waals surface area contributed by atoms with Gasteiger partial charge >= 0.3 is 0 Å². The van der Waals surface area contributed by atoms with E-state index in [-0.39, 0.29) is 11.9 Å². The molecular formula is C15H24N2OS. The van der Waals surface area contributed by atoms with Crippen molar-refractivity contribution in [3.63, 3.8) is 0 Å². The highest BCUT2D eigenvalue weighted by Gasteiger charge is 2.17. The molecule has 106 valence electrons. The number of benzene rings is 1. The van der Waals surface area contributed by atoms with Crippen LogP contribution in [0.4, 0.5) is 0 Å². The molecule has 1 aromatic rings. The van der Waals surface area contributed by atoms with Gasteiger partial charge in [0.1, 0.15) is 0 Å². The Morgan fingerprint density at radius 1 is 1.32 bits per heavy atom. The van der Waals surface area contributed by atoms with E-state index in [1.165, 1.54) is 5.56 Å². The maximum absolute atomic E-state index is 12.1. The smallest absolute Gasteiger partial charge is 0.232 e. The highest BCUT2D eigenvalue weighted by atomic mass is 32.2. The topological polar surface area (TPSA) is 46.3 Å². The second kappa shape index (κ2) is 8.23. The number of hydrogen-bond donors (Lipinski definition) is 1. The predicted molar refractivity (Wildman–Crippen MR) is 83.2 cm³/mol. The molecule has 0 aromatic heterocycles. The minimum absolute atomic E-state index is 0.112. The van der Waals surface area contributed by atoms with Gasteiger partial charge in [0, 0.05) is 7.05 Å². The lowest BCUT2D eigenvalue weighted by molar-refractivity contribution is -0.128. The van der Waals surface area contributed by atoms with Crippen molar-refractivity contribution in [3.8, 4) is 0 Å². The Morgan fingerprint density at radius 3 is 2.53 bits per heavy atom. The van der Waals surface area contributed by atoms with E-state index in [9.17, 15) is 4.79 Å². The van der Waals surface area contributed by atoms with E-state index in [1.54, 1.807) is 11.8 Å². The third kappa shape index (κ3) is 5.25. The van der Waals surface area contributed by atoms with Crippen LogP contribution in [-0.2, 0) is 4.79 Å². The Hall–Kier alpha value is -1.00. The molecule has 0 saturated carbocycles. The van der Waals surface area contributed by atoms with E-state index < -0.39 is 0 Å². The SMILES string of the molecule is CC(CN)CSCC(=O)N(C)C(C)c1ccccc1. The van der Waals surface area contributed by atoms with E-state index >= 15 is 0 Å². The van der Waals surface area contributed by atoms with E-state index in [2.05, 4.69) is 26.0 Å². The Balaban J connectivity index is 2.44. The van der Waals surface area contributed by atoms with Crippen LogP contribution in [0, 0.1) is 5.92 Å². The molecule has 0 aliphatic rings. The van der Waals surface area contributed by atoms with Crippen molar-refractivity contribution in [2.24, 2.45) is 11.7 Å². The van der Waals surface area contributed by atoms with Gasteiger partial charge in [-0.2, -0.15) is 11.8 Å². The van der Waals surface area contributed by atoms with Gasteiger partial charge < -0.3 is 10.6 Å². The van der Waals surface area contributed by atoms with Crippen molar-refractivity contribution in [3.05, 3.63) is 35.9 Å². The number of thioether (sulfide) groups is 1. The molecule has 2 unspecified atom stereocenters. The first-order valence-corrected chi connectivity index (χ1v) is 7.80. The molecule has 0 radical (unpaired) electrons. The Kier molecular flexibility index (Phi) is 6.95. The van der Waals surface area contributed by atoms with Gasteiger partial charge in [-0.1, -0.05) is 37.3 Å². The lowest BCUT2D eigenvalue weighted by Gasteiger charge is -2.25. The van der Waals surface area contributed by atoms with Gasteiger partial charge in [-0.15, -0.1) is 0 Å². The van der Waals surface area contributed by atoms with Crippen LogP contribution in [0.3, 0.4) is 0 Å². The highest BCUT2D eigenvalue weighted by Crippen LogP contribution is 2.19. The summed E-state index contributed by atoms with van der Waals surface area (Å²) in [5.41, 5.74) is 6.73. The first-order chi connectivity index (χ1) is 9.06. The molecule has 1 rings (SSSR count). The fraction of sp³-hybridized carbons (Fsp3) is 0.533. The summed E-state index contributed by atoms with van der Waals surface area (Å²) in [6.45, 7) is 4.84. The highest BCUT2D eigenvalue weighted by molar-refractivity contribution is 7.99. The molecule has 2 atom stereocenters. The van der Waals surface area contributed by atoms with Crippen LogP contribution in [0.15, 0.2) is 30.3 Å². The summed E-state index contributed by atoms with van der Waals surface area (Å²) >= 11 is 1.66. The first-order valence-electron chi connectivity index (χ1n) is 6.64. The summed E-state index contributed by atoms with van der Waals surface area (Å²) in [4.78, 5) is 13.9. The maximum Gasteiger partial charge on any atom is 0.232 e. The molecule has 1 amide bonds. The van der Waals surface area contributed by atoms with E-state index in [4.69, 9.17) is 5.73 Å². The summed E-state index contributed by atoms with van der Waals surface area (Å²) in [5, 5.41) is 0. The van der Waals surface area contributed by atoms with Gasteiger partial charge in [-0.25, -0.2) is 0 Å². The second-order valence-corrected chi connectivity index (χ2v) is 5.98. The average Bonchev–Trinajstić information content (AvgIpc) is 2.46. The van der Waals surface area contributed by atoms with Crippen molar-refractivity contribution in [2.45, 2.75) is 19.9 Å². The molecule has 0 saturated heterocycles. The van der Waals surface area contributed by atoms with Gasteiger partial charge in [0.25, 0.3) is 0 Å². The van der Waals surface area contributed by atoms with Gasteiger partial charge in [-0.05, 0) is 30.7 Å². The molecule has 2 N–H and O–H groups in total. The average molecular weight is 280 g/mol. The van der Waals surface area contributed by atoms with Crippen LogP contribution in [-0.4, -0.2) is 35.9 Å². The van der Waals surface area contributed by atoms with Crippen LogP contribution in [0.1, 0.15) is 25.5 Å². The standard InChI is InChI=1S/C15H24N2OS/c1-12(9-16)10-19-11-15(18)17(3)13(2)14-7-5-4-6-8-14/h4-8,12-13H,9-11,16H2,1-3H3. The van der Waals surface area contributed by atoms with Gasteiger partial charge in [0.05, 0.1) is 11.8 Å². The van der Waals surface area contributed by atoms with Crippen molar-refractivity contribution in [1.82, 2.24) is 4.90 Å². The maximum atomic E-state index is 12.1. The third-order valence-electron chi connectivity index (χ3n) is 3.29. The lowest BCUT2D eigenvalue weighted by Crippen LogP contribution is -2.31. The zero-order chi connectivity index (χ0) is 14.3. The van der Waals surface area contributed by atoms with Crippen LogP contribution >= 0.6 is 11.8 Å². The quantitative estimate of drug-likeness (QED) is 0.835. The zero-order valence-electron chi connectivity index (χ0n) is 12.0. The van der Waals surface area contributed by atoms with E-state index in [1.807, 2.05) is 30.1 Å². The summed E-state index contributed by atoms with van der Waals surface area (Å²) in [5.74, 6) is 2.11. The molecule has 3 nitrogen and oxygen atoms in total. The number of nitrogens with zero attached hydrogens (tertiary/aromatic N) is 1. The molecule has 0 fully saturated rings. The predicted octanol–water partition coefficient (Wildman–Crippen LogP) is 2.53. The van der Waals surface area contributed by atoms with Crippen LogP contribution in [0.5, 0.6) is 0 Å². The summed E-state index contributed by atoms with van der Waals surface area (Å²) in [7, 11) is 1.87. The summed E-state index contributed by atoms with van der Waals surface area (Å²) in [6, 6.07) is 10.2. The fourth-order valence-corrected chi connectivity index (χ4v) is 2.72. The number of rotatable bonds is 7. The molecule has 0 heterocycles. The van der Waals surface area contributed by atoms with Crippen molar-refractivity contribution >= 4 is 17.7 Å². The number of nitrogens with two attached hydrogens (primary N) is 1. The summed E-state index contributed by atoms with van der Waals surface area (Å²) in [6.07, 6.45) is 0. The molecule has 0 aliphatic heterocycles. The largest absolute Gasteiger partial charge is 0.338 e. The molecule has 4 heteroatoms. The molecule has 0 bridgehead atoms. The fourth-order valence-electron chi connectivity index (χ4n) is 1.69. The van der Waals surface area contributed by atoms with Gasteiger partial charge in [0.15, 0.2) is 0 Å². The van der Waals surface area contributed by atoms with Gasteiger partial charge in [0.2, 0.25) is 5.91 Å². The monoisotopic (exact) mass is 280 g/mol. The number of hydrogen-bond acceptors (Lipinski definition) is 3. The van der Waals surface area contributed by atoms with Gasteiger partial charge in [-0.3, -0.25) is 4.79 Å². The Morgan fingerprint density at radius 2 is 1.95 bits per heavy atom. The number of amides is 1. The zero-order valence-corrected chi connectivity index (χ0v) is 12.8. The lowest BCUT2D eigenvalue weighted by atomic mass is 10.1. The number of carbonyl (C=O) groups is 1. The van der Waals surface area contributed by atoms with E-state index in [0.29, 0.717) is 18.2 Å². The summed E-state index contributed by atoms with van der Waals surface area (Å²) < 4.78 is 0. The molecule has 1 aromatic carbocycles. The van der Waals surface area contributed by atoms with Crippen molar-refractivity contribution < 1.29 is 4.79 Å². The second-order valence-electron chi connectivity index (χ2n) is 4.95. The molecule has 19 heavy (non-hydrogen) atoms. The normalized spacial score (nSPS) is 13.9. The minimum atomic E-state index is 0.112. The van der Waals surface area contributed by atoms with E-state index in [0.717, 1.165) is 5.75 Å². The molecule has 0 aliphatic carbocycles. The molecular weight excluding hydrogens is 256 g/mol. The first kappa shape index (κ1) is 16.1. The Bertz CT molecular complexity index is 383. The van der Waals surface area contributed by atoms with Crippen molar-refractivity contribution in [2.75, 3.05) is 25.1 Å². The van der Waals surface area contributed by atoms with Crippen molar-refractivity contribution in [1.29, 1.82) is 0 Å². The van der Waals surface area contributed by atoms with Crippen LogP contribution in [0.25, 0.3) is 0 Å². The molecule has 0 spiro atoms. The number of carbonyl (C=O) groups excluding carboxylic acids is 1. The van der Waals surface area contributed by atoms with Crippen LogP contribution < -0.4 is 5.73 Å².